The van der Waals surface area contributed by atoms with Gasteiger partial charge in [0.2, 0.25) is 10.0 Å². The molecular formula is C12H16N2O4S. The van der Waals surface area contributed by atoms with Crippen molar-refractivity contribution in [3.8, 4) is 0 Å². The Labute approximate surface area is 112 Å². The lowest BCUT2D eigenvalue weighted by Gasteiger charge is -2.12. The molecule has 0 unspecified atom stereocenters. The van der Waals surface area contributed by atoms with E-state index in [4.69, 9.17) is 0 Å². The monoisotopic (exact) mass is 284 g/mol. The molecule has 2 N–H and O–H groups in total. The van der Waals surface area contributed by atoms with Gasteiger partial charge in [-0.05, 0) is 18.6 Å². The van der Waals surface area contributed by atoms with E-state index in [9.17, 15) is 13.2 Å². The molecule has 2 rings (SSSR count). The summed E-state index contributed by atoms with van der Waals surface area (Å²) in [4.78, 5) is 11.6. The van der Waals surface area contributed by atoms with Gasteiger partial charge in [0, 0.05) is 12.6 Å². The van der Waals surface area contributed by atoms with E-state index in [1.54, 1.807) is 18.2 Å². The molecule has 0 bridgehead atoms. The first-order valence-electron chi connectivity index (χ1n) is 5.91. The number of esters is 1. The number of carbonyl (C=O) groups excluding carboxylic acids is 1. The van der Waals surface area contributed by atoms with Crippen molar-refractivity contribution < 1.29 is 17.9 Å². The lowest BCUT2D eigenvalue weighted by molar-refractivity contribution is -0.142. The van der Waals surface area contributed by atoms with E-state index in [2.05, 4.69) is 14.8 Å². The molecule has 0 spiro atoms. The summed E-state index contributed by atoms with van der Waals surface area (Å²) < 4.78 is 31.4. The highest BCUT2D eigenvalue weighted by atomic mass is 32.2. The molecule has 0 aliphatic carbocycles. The topological polar surface area (TPSA) is 84.5 Å². The summed E-state index contributed by atoms with van der Waals surface area (Å²) >= 11 is 0. The normalized spacial score (nSPS) is 23.2. The van der Waals surface area contributed by atoms with E-state index in [-0.39, 0.29) is 16.9 Å². The van der Waals surface area contributed by atoms with Gasteiger partial charge in [0.25, 0.3) is 0 Å². The van der Waals surface area contributed by atoms with Gasteiger partial charge in [0.1, 0.15) is 6.04 Å². The average molecular weight is 284 g/mol. The number of nitrogens with one attached hydrogen (secondary N) is 2. The second kappa shape index (κ2) is 5.68. The predicted molar refractivity (Wildman–Crippen MR) is 69.0 cm³/mol. The molecular weight excluding hydrogens is 268 g/mol. The Hall–Kier alpha value is -1.44. The van der Waals surface area contributed by atoms with E-state index in [0.29, 0.717) is 13.0 Å². The molecule has 6 nitrogen and oxygen atoms in total. The average Bonchev–Trinajstić information content (AvgIpc) is 2.86. The maximum Gasteiger partial charge on any atom is 0.322 e. The van der Waals surface area contributed by atoms with Gasteiger partial charge in [-0.2, -0.15) is 0 Å². The SMILES string of the molecule is COC(=O)[C@@H]1C[C@@H](NS(=O)(=O)c2ccccc2)CN1. The third-order valence-electron chi connectivity index (χ3n) is 2.99. The van der Waals surface area contributed by atoms with Crippen LogP contribution in [-0.4, -0.2) is 40.1 Å². The summed E-state index contributed by atoms with van der Waals surface area (Å²) in [5.41, 5.74) is 0. The Morgan fingerprint density at radius 2 is 2.05 bits per heavy atom. The number of sulfonamides is 1. The quantitative estimate of drug-likeness (QED) is 0.752. The van der Waals surface area contributed by atoms with E-state index in [1.807, 2.05) is 0 Å². The zero-order valence-corrected chi connectivity index (χ0v) is 11.3. The summed E-state index contributed by atoms with van der Waals surface area (Å²) in [5.74, 6) is -0.374. The third-order valence-corrected chi connectivity index (χ3v) is 4.53. The molecule has 2 atom stereocenters. The number of hydrogen-bond acceptors (Lipinski definition) is 5. The molecule has 1 fully saturated rings. The van der Waals surface area contributed by atoms with Crippen molar-refractivity contribution in [2.75, 3.05) is 13.7 Å². The second-order valence-electron chi connectivity index (χ2n) is 4.35. The molecule has 1 aromatic rings. The van der Waals surface area contributed by atoms with Crippen molar-refractivity contribution in [2.45, 2.75) is 23.4 Å². The van der Waals surface area contributed by atoms with Gasteiger partial charge in [-0.1, -0.05) is 18.2 Å². The number of rotatable bonds is 4. The van der Waals surface area contributed by atoms with Crippen LogP contribution < -0.4 is 10.0 Å². The summed E-state index contributed by atoms with van der Waals surface area (Å²) in [6.07, 6.45) is 0.388. The molecule has 1 saturated heterocycles. The maximum absolute atomic E-state index is 12.1. The molecule has 0 radical (unpaired) electrons. The molecule has 1 aromatic carbocycles. The molecule has 1 heterocycles. The first-order chi connectivity index (χ1) is 9.03. The van der Waals surface area contributed by atoms with Crippen molar-refractivity contribution in [3.05, 3.63) is 30.3 Å². The first kappa shape index (κ1) is 14.0. The molecule has 0 saturated carbocycles. The lowest BCUT2D eigenvalue weighted by Crippen LogP contribution is -2.36. The smallest absolute Gasteiger partial charge is 0.322 e. The Balaban J connectivity index is 2.01. The van der Waals surface area contributed by atoms with Gasteiger partial charge in [-0.15, -0.1) is 0 Å². The van der Waals surface area contributed by atoms with Crippen molar-refractivity contribution in [1.82, 2.24) is 10.0 Å². The number of methoxy groups -OCH3 is 1. The van der Waals surface area contributed by atoms with Crippen LogP contribution in [0.2, 0.25) is 0 Å². The largest absolute Gasteiger partial charge is 0.468 e. The molecule has 1 aliphatic rings. The maximum atomic E-state index is 12.1. The second-order valence-corrected chi connectivity index (χ2v) is 6.06. The highest BCUT2D eigenvalue weighted by Gasteiger charge is 2.32. The molecule has 7 heteroatoms. The molecule has 0 amide bonds. The van der Waals surface area contributed by atoms with Gasteiger partial charge in [-0.25, -0.2) is 13.1 Å². The molecule has 1 aliphatic heterocycles. The van der Waals surface area contributed by atoms with Gasteiger partial charge < -0.3 is 10.1 Å². The van der Waals surface area contributed by atoms with Crippen LogP contribution in [0.15, 0.2) is 35.2 Å². The zero-order valence-electron chi connectivity index (χ0n) is 10.5. The van der Waals surface area contributed by atoms with Crippen LogP contribution in [0, 0.1) is 0 Å². The fraction of sp³-hybridized carbons (Fsp3) is 0.417. The van der Waals surface area contributed by atoms with Crippen LogP contribution in [-0.2, 0) is 19.6 Å². The minimum atomic E-state index is -3.54. The molecule has 19 heavy (non-hydrogen) atoms. The minimum Gasteiger partial charge on any atom is -0.468 e. The standard InChI is InChI=1S/C12H16N2O4S/c1-18-12(15)11-7-9(8-13-11)14-19(16,17)10-5-3-2-4-6-10/h2-6,9,11,13-14H,7-8H2,1H3/t9-,11+/m1/s1. The van der Waals surface area contributed by atoms with Gasteiger partial charge >= 0.3 is 5.97 Å². The molecule has 0 aromatic heterocycles. The summed E-state index contributed by atoms with van der Waals surface area (Å²) in [6.45, 7) is 0.409. The Morgan fingerprint density at radius 1 is 1.37 bits per heavy atom. The van der Waals surface area contributed by atoms with E-state index in [1.165, 1.54) is 19.2 Å². The number of hydrogen-bond donors (Lipinski definition) is 2. The minimum absolute atomic E-state index is 0.219. The van der Waals surface area contributed by atoms with Crippen LogP contribution in [0.5, 0.6) is 0 Å². The zero-order chi connectivity index (χ0) is 13.9. The Kier molecular flexibility index (Phi) is 4.18. The number of carbonyl (C=O) groups is 1. The van der Waals surface area contributed by atoms with Crippen molar-refractivity contribution >= 4 is 16.0 Å². The fourth-order valence-electron chi connectivity index (χ4n) is 2.03. The van der Waals surface area contributed by atoms with Crippen molar-refractivity contribution in [2.24, 2.45) is 0 Å². The van der Waals surface area contributed by atoms with Gasteiger partial charge in [-0.3, -0.25) is 4.79 Å². The van der Waals surface area contributed by atoms with Crippen LogP contribution in [0.1, 0.15) is 6.42 Å². The van der Waals surface area contributed by atoms with Crippen molar-refractivity contribution in [1.29, 1.82) is 0 Å². The van der Waals surface area contributed by atoms with Crippen LogP contribution in [0.3, 0.4) is 0 Å². The van der Waals surface area contributed by atoms with E-state index >= 15 is 0 Å². The van der Waals surface area contributed by atoms with Crippen LogP contribution >= 0.6 is 0 Å². The van der Waals surface area contributed by atoms with Crippen LogP contribution in [0.4, 0.5) is 0 Å². The van der Waals surface area contributed by atoms with Gasteiger partial charge in [0.05, 0.1) is 12.0 Å². The van der Waals surface area contributed by atoms with Gasteiger partial charge in [0.15, 0.2) is 0 Å². The lowest BCUT2D eigenvalue weighted by atomic mass is 10.2. The highest BCUT2D eigenvalue weighted by Crippen LogP contribution is 2.13. The summed E-state index contributed by atoms with van der Waals surface area (Å²) in [6, 6.07) is 7.38. The number of ether oxygens (including phenoxy) is 1. The number of benzene rings is 1. The Bertz CT molecular complexity index is 544. The Morgan fingerprint density at radius 3 is 2.68 bits per heavy atom. The third kappa shape index (κ3) is 3.31. The van der Waals surface area contributed by atoms with E-state index in [0.717, 1.165) is 0 Å². The summed E-state index contributed by atoms with van der Waals surface area (Å²) in [5, 5.41) is 2.93. The molecule has 104 valence electrons. The first-order valence-corrected chi connectivity index (χ1v) is 7.40. The van der Waals surface area contributed by atoms with Crippen molar-refractivity contribution in [3.63, 3.8) is 0 Å². The highest BCUT2D eigenvalue weighted by molar-refractivity contribution is 7.89. The van der Waals surface area contributed by atoms with Crippen LogP contribution in [0.25, 0.3) is 0 Å². The van der Waals surface area contributed by atoms with E-state index < -0.39 is 16.1 Å². The predicted octanol–water partition coefficient (Wildman–Crippen LogP) is -0.132. The fourth-order valence-corrected chi connectivity index (χ4v) is 3.30. The summed E-state index contributed by atoms with van der Waals surface area (Å²) in [7, 11) is -2.23.